The molecule has 3 N–H and O–H groups in total. The van der Waals surface area contributed by atoms with Gasteiger partial charge in [0.25, 0.3) is 0 Å². The molecule has 2 aromatic rings. The first kappa shape index (κ1) is 36.8. The van der Waals surface area contributed by atoms with Crippen LogP contribution in [-0.4, -0.2) is 65.4 Å². The Morgan fingerprint density at radius 3 is 1.83 bits per heavy atom. The average molecular weight is 572 g/mol. The number of allylic oxidation sites excluding steroid dienone is 2. The maximum absolute atomic E-state index is 10.7. The highest BCUT2D eigenvalue weighted by Gasteiger charge is 2.24. The molecule has 0 spiro atoms. The summed E-state index contributed by atoms with van der Waals surface area (Å²) < 4.78 is 0.528. The Kier molecular flexibility index (Phi) is 21.8. The first-order valence-corrected chi connectivity index (χ1v) is 16.1. The van der Waals surface area contributed by atoms with E-state index < -0.39 is 5.97 Å². The summed E-state index contributed by atoms with van der Waals surface area (Å²) in [6.45, 7) is 4.81. The fourth-order valence-corrected chi connectivity index (χ4v) is 5.26. The third-order valence-electron chi connectivity index (χ3n) is 7.82. The molecule has 232 valence electrons. The summed E-state index contributed by atoms with van der Waals surface area (Å²) in [5.74, 6) is -1.13. The van der Waals surface area contributed by atoms with Gasteiger partial charge in [0.1, 0.15) is 6.54 Å². The van der Waals surface area contributed by atoms with E-state index in [9.17, 15) is 20.1 Å². The molecule has 0 saturated heterocycles. The van der Waals surface area contributed by atoms with Crippen molar-refractivity contribution >= 4 is 16.7 Å². The summed E-state index contributed by atoms with van der Waals surface area (Å²) in [5.41, 5.74) is 0.248. The lowest BCUT2D eigenvalue weighted by molar-refractivity contribution is -0.945. The predicted molar refractivity (Wildman–Crippen MR) is 168 cm³/mol. The SMILES string of the molecule is CCCCCCCC/C=C\CCCCCCCC[N+](CO)(CCO)CCCO.O=C([O-])c1cccc2ccccc12. The topological polar surface area (TPSA) is 101 Å². The minimum Gasteiger partial charge on any atom is -0.545 e. The second kappa shape index (κ2) is 24.4. The van der Waals surface area contributed by atoms with Crippen molar-refractivity contribution in [2.24, 2.45) is 0 Å². The average Bonchev–Trinajstić information content (AvgIpc) is 2.99. The Bertz CT molecular complexity index is 942. The number of aliphatic hydroxyl groups is 3. The van der Waals surface area contributed by atoms with E-state index in [4.69, 9.17) is 5.11 Å². The Labute approximate surface area is 249 Å². The molecule has 0 aliphatic heterocycles. The number of rotatable bonds is 23. The van der Waals surface area contributed by atoms with Gasteiger partial charge in [-0.25, -0.2) is 0 Å². The smallest absolute Gasteiger partial charge is 0.180 e. The second-order valence-corrected chi connectivity index (χ2v) is 11.2. The molecule has 6 heteroatoms. The number of carbonyl (C=O) groups is 1. The maximum atomic E-state index is 10.7. The van der Waals surface area contributed by atoms with Crippen LogP contribution in [0.1, 0.15) is 114 Å². The van der Waals surface area contributed by atoms with Gasteiger partial charge in [0.2, 0.25) is 0 Å². The maximum Gasteiger partial charge on any atom is 0.180 e. The fraction of sp³-hybridized carbons (Fsp3) is 0.629. The molecular weight excluding hydrogens is 514 g/mol. The van der Waals surface area contributed by atoms with Crippen LogP contribution in [0.5, 0.6) is 0 Å². The number of hydrogen-bond acceptors (Lipinski definition) is 5. The molecule has 0 aliphatic rings. The van der Waals surface area contributed by atoms with E-state index in [1.54, 1.807) is 18.2 Å². The van der Waals surface area contributed by atoms with E-state index in [-0.39, 0.29) is 25.5 Å². The Balaban J connectivity index is 0.000000528. The van der Waals surface area contributed by atoms with Crippen molar-refractivity contribution in [1.29, 1.82) is 0 Å². The first-order chi connectivity index (χ1) is 20.0. The zero-order valence-electron chi connectivity index (χ0n) is 25.7. The van der Waals surface area contributed by atoms with Crippen molar-refractivity contribution in [1.82, 2.24) is 0 Å². The highest BCUT2D eigenvalue weighted by atomic mass is 16.4. The monoisotopic (exact) mass is 571 g/mol. The van der Waals surface area contributed by atoms with Gasteiger partial charge in [-0.05, 0) is 49.3 Å². The van der Waals surface area contributed by atoms with Gasteiger partial charge < -0.3 is 25.2 Å². The van der Waals surface area contributed by atoms with Crippen LogP contribution >= 0.6 is 0 Å². The molecule has 0 aliphatic carbocycles. The molecule has 0 aromatic heterocycles. The number of aromatic carboxylic acids is 1. The first-order valence-electron chi connectivity index (χ1n) is 16.1. The van der Waals surface area contributed by atoms with Gasteiger partial charge in [0.15, 0.2) is 6.73 Å². The van der Waals surface area contributed by atoms with Gasteiger partial charge in [0.05, 0.1) is 25.7 Å². The third-order valence-corrected chi connectivity index (χ3v) is 7.82. The second-order valence-electron chi connectivity index (χ2n) is 11.2. The quantitative estimate of drug-likeness (QED) is 0.0623. The van der Waals surface area contributed by atoms with Crippen molar-refractivity contribution in [3.05, 3.63) is 60.2 Å². The Hall–Kier alpha value is -2.25. The predicted octanol–water partition coefficient (Wildman–Crippen LogP) is 6.37. The lowest BCUT2D eigenvalue weighted by Gasteiger charge is -2.36. The Morgan fingerprint density at radius 2 is 1.24 bits per heavy atom. The zero-order valence-corrected chi connectivity index (χ0v) is 25.7. The normalized spacial score (nSPS) is 12.8. The van der Waals surface area contributed by atoms with Crippen molar-refractivity contribution in [3.63, 3.8) is 0 Å². The van der Waals surface area contributed by atoms with Gasteiger partial charge >= 0.3 is 0 Å². The van der Waals surface area contributed by atoms with Gasteiger partial charge in [-0.3, -0.25) is 4.48 Å². The molecule has 1 unspecified atom stereocenters. The van der Waals surface area contributed by atoms with E-state index in [1.165, 1.54) is 83.5 Å². The number of aliphatic hydroxyl groups excluding tert-OH is 3. The number of quaternary nitrogens is 1. The van der Waals surface area contributed by atoms with Crippen LogP contribution in [0.2, 0.25) is 0 Å². The molecular formula is C35H57NO5. The highest BCUT2D eigenvalue weighted by Crippen LogP contribution is 2.17. The number of carbonyl (C=O) groups excluding carboxylic acids is 1. The van der Waals surface area contributed by atoms with Gasteiger partial charge in [-0.15, -0.1) is 0 Å². The molecule has 2 aromatic carbocycles. The standard InChI is InChI=1S/C24H50NO3.C11H8O2/c1-2-3-4-5-6-7-8-9-10-11-12-13-14-15-16-17-19-25(24-28,21-23-27)20-18-22-26;12-11(13)10-7-3-5-8-4-1-2-6-9(8)10/h9-10,26-28H,2-8,11-24H2,1H3;1-7H,(H,12,13)/q+1;/p-1/b10-9-;. The highest BCUT2D eigenvalue weighted by molar-refractivity contribution is 6.02. The number of nitrogens with zero attached hydrogens (tertiary/aromatic N) is 1. The molecule has 0 heterocycles. The van der Waals surface area contributed by atoms with Crippen LogP contribution in [0.3, 0.4) is 0 Å². The summed E-state index contributed by atoms with van der Waals surface area (Å²) in [6.07, 6.45) is 23.6. The van der Waals surface area contributed by atoms with Crippen molar-refractivity contribution in [2.45, 2.75) is 103 Å². The minimum absolute atomic E-state index is 0.0611. The summed E-state index contributed by atoms with van der Waals surface area (Å²) in [5, 5.41) is 40.4. The number of benzene rings is 2. The lowest BCUT2D eigenvalue weighted by atomic mass is 10.1. The summed E-state index contributed by atoms with van der Waals surface area (Å²) >= 11 is 0. The van der Waals surface area contributed by atoms with Crippen molar-refractivity contribution in [2.75, 3.05) is 39.6 Å². The van der Waals surface area contributed by atoms with E-state index >= 15 is 0 Å². The van der Waals surface area contributed by atoms with Crippen LogP contribution in [-0.2, 0) is 0 Å². The van der Waals surface area contributed by atoms with E-state index in [0.29, 0.717) is 17.4 Å². The fourth-order valence-electron chi connectivity index (χ4n) is 5.26. The summed E-state index contributed by atoms with van der Waals surface area (Å²) in [7, 11) is 0. The van der Waals surface area contributed by atoms with E-state index in [2.05, 4.69) is 19.1 Å². The molecule has 0 bridgehead atoms. The summed E-state index contributed by atoms with van der Waals surface area (Å²) in [4.78, 5) is 10.7. The van der Waals surface area contributed by atoms with Gasteiger partial charge in [0, 0.05) is 18.6 Å². The number of carboxylic acid groups (broad SMARTS) is 1. The van der Waals surface area contributed by atoms with Crippen LogP contribution in [0.15, 0.2) is 54.6 Å². The number of unbranched alkanes of at least 4 members (excludes halogenated alkanes) is 12. The molecule has 0 fully saturated rings. The van der Waals surface area contributed by atoms with Crippen LogP contribution < -0.4 is 5.11 Å². The molecule has 1 atom stereocenters. The Morgan fingerprint density at radius 1 is 0.683 bits per heavy atom. The largest absolute Gasteiger partial charge is 0.545 e. The number of carboxylic acids is 1. The molecule has 0 radical (unpaired) electrons. The molecule has 0 saturated carbocycles. The molecule has 2 rings (SSSR count). The van der Waals surface area contributed by atoms with E-state index in [1.807, 2.05) is 24.3 Å². The molecule has 41 heavy (non-hydrogen) atoms. The zero-order chi connectivity index (χ0) is 30.0. The number of hydrogen-bond donors (Lipinski definition) is 3. The van der Waals surface area contributed by atoms with Crippen LogP contribution in [0.25, 0.3) is 10.8 Å². The molecule has 0 amide bonds. The van der Waals surface area contributed by atoms with Crippen molar-refractivity contribution < 1.29 is 29.7 Å². The lowest BCUT2D eigenvalue weighted by Crippen LogP contribution is -2.52. The van der Waals surface area contributed by atoms with E-state index in [0.717, 1.165) is 30.3 Å². The van der Waals surface area contributed by atoms with Gasteiger partial charge in [-0.2, -0.15) is 0 Å². The van der Waals surface area contributed by atoms with Crippen molar-refractivity contribution in [3.8, 4) is 0 Å². The third kappa shape index (κ3) is 16.7. The minimum atomic E-state index is -1.13. The van der Waals surface area contributed by atoms with Gasteiger partial charge in [-0.1, -0.05) is 113 Å². The number of fused-ring (bicyclic) bond motifs is 1. The van der Waals surface area contributed by atoms with Crippen LogP contribution in [0.4, 0.5) is 0 Å². The van der Waals surface area contributed by atoms with Crippen LogP contribution in [0, 0.1) is 0 Å². The summed E-state index contributed by atoms with van der Waals surface area (Å²) in [6, 6.07) is 12.5. The molecule has 6 nitrogen and oxygen atoms in total.